The van der Waals surface area contributed by atoms with Gasteiger partial charge in [0.2, 0.25) is 0 Å². The zero-order valence-corrected chi connectivity index (χ0v) is 13.9. The van der Waals surface area contributed by atoms with Crippen LogP contribution in [-0.4, -0.2) is 12.7 Å². The first-order valence-electron chi connectivity index (χ1n) is 9.10. The Bertz CT molecular complexity index is 385. The number of rotatable bonds is 6. The zero-order valence-electron chi connectivity index (χ0n) is 13.9. The molecule has 2 fully saturated rings. The number of halogens is 1. The van der Waals surface area contributed by atoms with Crippen LogP contribution in [0, 0.1) is 29.1 Å². The van der Waals surface area contributed by atoms with E-state index in [1.807, 2.05) is 0 Å². The maximum atomic E-state index is 13.0. The average Bonchev–Trinajstić information content (AvgIpc) is 2.56. The molecule has 2 aliphatic carbocycles. The van der Waals surface area contributed by atoms with E-state index >= 15 is 0 Å². The summed E-state index contributed by atoms with van der Waals surface area (Å²) >= 11 is 0. The molecule has 0 heterocycles. The van der Waals surface area contributed by atoms with Gasteiger partial charge in [0.1, 0.15) is 6.07 Å². The summed E-state index contributed by atoms with van der Waals surface area (Å²) in [5.41, 5.74) is 0. The summed E-state index contributed by atoms with van der Waals surface area (Å²) in [7, 11) is 0. The van der Waals surface area contributed by atoms with Crippen LogP contribution in [0.4, 0.5) is 4.39 Å². The SMILES string of the molecule is CCC[C@H]1CC[C@H](CO[C@H]2CC[C@H](/C=C(/F)C#N)CC2)CC1. The van der Waals surface area contributed by atoms with Gasteiger partial charge in [-0.2, -0.15) is 9.65 Å². The summed E-state index contributed by atoms with van der Waals surface area (Å²) < 4.78 is 19.1. The van der Waals surface area contributed by atoms with Crippen molar-refractivity contribution >= 4 is 0 Å². The van der Waals surface area contributed by atoms with Crippen LogP contribution in [0.15, 0.2) is 11.9 Å². The summed E-state index contributed by atoms with van der Waals surface area (Å²) in [4.78, 5) is 0. The minimum Gasteiger partial charge on any atom is -0.378 e. The maximum Gasteiger partial charge on any atom is 0.196 e. The molecule has 2 rings (SSSR count). The molecule has 3 heteroatoms. The Hall–Kier alpha value is -0.880. The van der Waals surface area contributed by atoms with Crippen molar-refractivity contribution in [1.82, 2.24) is 0 Å². The van der Waals surface area contributed by atoms with E-state index in [0.717, 1.165) is 44.1 Å². The fourth-order valence-electron chi connectivity index (χ4n) is 4.03. The molecule has 0 atom stereocenters. The predicted octanol–water partition coefficient (Wildman–Crippen LogP) is 5.55. The number of allylic oxidation sites excluding steroid dienone is 2. The molecule has 0 N–H and O–H groups in total. The summed E-state index contributed by atoms with van der Waals surface area (Å²) in [5, 5.41) is 8.48. The third kappa shape index (κ3) is 5.72. The van der Waals surface area contributed by atoms with E-state index < -0.39 is 5.83 Å². The standard InChI is InChI=1S/C19H30FNO/c1-2-3-15-4-6-17(7-5-15)14-22-19-10-8-16(9-11-19)12-18(20)13-21/h12,15-17,19H,2-11,14H2,1H3/b18-12+/t15-,16-,17-,19-. The monoisotopic (exact) mass is 307 g/mol. The Morgan fingerprint density at radius 1 is 1.09 bits per heavy atom. The van der Waals surface area contributed by atoms with Crippen LogP contribution in [0.2, 0.25) is 0 Å². The molecule has 2 nitrogen and oxygen atoms in total. The lowest BCUT2D eigenvalue weighted by Gasteiger charge is -2.31. The molecule has 0 aliphatic heterocycles. The Morgan fingerprint density at radius 3 is 2.32 bits per heavy atom. The van der Waals surface area contributed by atoms with Crippen LogP contribution in [0.25, 0.3) is 0 Å². The minimum absolute atomic E-state index is 0.226. The lowest BCUT2D eigenvalue weighted by molar-refractivity contribution is -0.00667. The number of ether oxygens (including phenoxy) is 1. The normalized spacial score (nSPS) is 33.4. The third-order valence-corrected chi connectivity index (χ3v) is 5.44. The van der Waals surface area contributed by atoms with Crippen molar-refractivity contribution in [3.05, 3.63) is 11.9 Å². The van der Waals surface area contributed by atoms with Crippen LogP contribution in [0.3, 0.4) is 0 Å². The molecular formula is C19H30FNO. The topological polar surface area (TPSA) is 33.0 Å². The number of nitriles is 1. The highest BCUT2D eigenvalue weighted by atomic mass is 19.1. The van der Waals surface area contributed by atoms with E-state index in [2.05, 4.69) is 6.92 Å². The first kappa shape index (κ1) is 17.5. The lowest BCUT2D eigenvalue weighted by atomic mass is 9.80. The molecule has 2 aliphatic rings. The first-order chi connectivity index (χ1) is 10.7. The van der Waals surface area contributed by atoms with Gasteiger partial charge in [-0.3, -0.25) is 0 Å². The maximum absolute atomic E-state index is 13.0. The van der Waals surface area contributed by atoms with Gasteiger partial charge >= 0.3 is 0 Å². The highest BCUT2D eigenvalue weighted by Gasteiger charge is 2.24. The second-order valence-electron chi connectivity index (χ2n) is 7.17. The molecular weight excluding hydrogens is 277 g/mol. The van der Waals surface area contributed by atoms with Gasteiger partial charge < -0.3 is 4.74 Å². The van der Waals surface area contributed by atoms with Crippen LogP contribution >= 0.6 is 0 Å². The molecule has 0 aromatic carbocycles. The Labute approximate surface area is 134 Å². The van der Waals surface area contributed by atoms with E-state index in [0.29, 0.717) is 6.10 Å². The quantitative estimate of drug-likeness (QED) is 0.603. The van der Waals surface area contributed by atoms with Crippen molar-refractivity contribution in [2.75, 3.05) is 6.61 Å². The minimum atomic E-state index is -0.631. The Kier molecular flexibility index (Phi) is 7.39. The second kappa shape index (κ2) is 9.30. The largest absolute Gasteiger partial charge is 0.378 e. The van der Waals surface area contributed by atoms with E-state index in [1.54, 1.807) is 6.07 Å². The van der Waals surface area contributed by atoms with Crippen LogP contribution < -0.4 is 0 Å². The van der Waals surface area contributed by atoms with Crippen molar-refractivity contribution in [1.29, 1.82) is 5.26 Å². The van der Waals surface area contributed by atoms with Gasteiger partial charge in [0, 0.05) is 6.61 Å². The first-order valence-corrected chi connectivity index (χ1v) is 9.10. The smallest absolute Gasteiger partial charge is 0.196 e. The van der Waals surface area contributed by atoms with E-state index in [1.165, 1.54) is 44.6 Å². The third-order valence-electron chi connectivity index (χ3n) is 5.44. The van der Waals surface area contributed by atoms with E-state index in [9.17, 15) is 4.39 Å². The van der Waals surface area contributed by atoms with Crippen molar-refractivity contribution in [3.63, 3.8) is 0 Å². The molecule has 124 valence electrons. The predicted molar refractivity (Wildman–Crippen MR) is 86.9 cm³/mol. The molecule has 0 saturated heterocycles. The second-order valence-corrected chi connectivity index (χ2v) is 7.17. The highest BCUT2D eigenvalue weighted by molar-refractivity contribution is 5.13. The lowest BCUT2D eigenvalue weighted by Crippen LogP contribution is -2.25. The van der Waals surface area contributed by atoms with Gasteiger partial charge in [0.15, 0.2) is 5.83 Å². The summed E-state index contributed by atoms with van der Waals surface area (Å²) in [6.07, 6.45) is 13.9. The summed E-state index contributed by atoms with van der Waals surface area (Å²) in [6, 6.07) is 1.57. The number of hydrogen-bond donors (Lipinski definition) is 0. The molecule has 0 amide bonds. The van der Waals surface area contributed by atoms with Crippen molar-refractivity contribution < 1.29 is 9.13 Å². The van der Waals surface area contributed by atoms with Gasteiger partial charge in [0.25, 0.3) is 0 Å². The fraction of sp³-hybridized carbons (Fsp3) is 0.842. The molecule has 0 bridgehead atoms. The Morgan fingerprint density at radius 2 is 1.73 bits per heavy atom. The molecule has 0 radical (unpaired) electrons. The van der Waals surface area contributed by atoms with Gasteiger partial charge in [-0.25, -0.2) is 0 Å². The fourth-order valence-corrected chi connectivity index (χ4v) is 4.03. The van der Waals surface area contributed by atoms with Crippen LogP contribution in [0.1, 0.15) is 71.1 Å². The van der Waals surface area contributed by atoms with Gasteiger partial charge in [-0.05, 0) is 62.4 Å². The molecule has 0 aromatic rings. The van der Waals surface area contributed by atoms with Crippen molar-refractivity contribution in [2.24, 2.45) is 17.8 Å². The molecule has 0 unspecified atom stereocenters. The Balaban J connectivity index is 1.61. The van der Waals surface area contributed by atoms with Crippen LogP contribution in [0.5, 0.6) is 0 Å². The summed E-state index contributed by atoms with van der Waals surface area (Å²) in [6.45, 7) is 3.19. The van der Waals surface area contributed by atoms with Crippen molar-refractivity contribution in [2.45, 2.75) is 77.2 Å². The van der Waals surface area contributed by atoms with Gasteiger partial charge in [-0.1, -0.05) is 32.6 Å². The highest BCUT2D eigenvalue weighted by Crippen LogP contribution is 2.33. The van der Waals surface area contributed by atoms with Gasteiger partial charge in [0.05, 0.1) is 6.10 Å². The molecule has 2 saturated carbocycles. The zero-order chi connectivity index (χ0) is 15.8. The molecule has 0 spiro atoms. The average molecular weight is 307 g/mol. The number of nitrogens with zero attached hydrogens (tertiary/aromatic N) is 1. The molecule has 0 aromatic heterocycles. The van der Waals surface area contributed by atoms with Crippen molar-refractivity contribution in [3.8, 4) is 6.07 Å². The number of hydrogen-bond acceptors (Lipinski definition) is 2. The molecule has 22 heavy (non-hydrogen) atoms. The van der Waals surface area contributed by atoms with E-state index in [-0.39, 0.29) is 5.92 Å². The summed E-state index contributed by atoms with van der Waals surface area (Å²) in [5.74, 6) is 1.30. The van der Waals surface area contributed by atoms with Crippen LogP contribution in [-0.2, 0) is 4.74 Å². The van der Waals surface area contributed by atoms with Gasteiger partial charge in [-0.15, -0.1) is 0 Å². The van der Waals surface area contributed by atoms with E-state index in [4.69, 9.17) is 10.00 Å².